The van der Waals surface area contributed by atoms with Gasteiger partial charge >= 0.3 is 0 Å². The van der Waals surface area contributed by atoms with Crippen molar-refractivity contribution >= 4 is 7.82 Å². The van der Waals surface area contributed by atoms with Crippen molar-refractivity contribution < 1.29 is 24.4 Å². The van der Waals surface area contributed by atoms with Gasteiger partial charge in [0, 0.05) is 7.11 Å². The fourth-order valence-electron chi connectivity index (χ4n) is 0. The molecule has 0 saturated heterocycles. The summed E-state index contributed by atoms with van der Waals surface area (Å²) in [6.45, 7) is 0. The molecule has 0 unspecified atom stereocenters. The highest BCUT2D eigenvalue weighted by Gasteiger charge is 1.44. The first kappa shape index (κ1) is 32.5. The zero-order valence-corrected chi connectivity index (χ0v) is 7.42. The van der Waals surface area contributed by atoms with E-state index < -0.39 is 7.82 Å². The lowest BCUT2D eigenvalue weighted by atomic mass is 11.8. The monoisotopic (exact) mass is 181 g/mol. The number of hydrogen-bond donors (Lipinski definition) is 4. The average Bonchev–Trinajstić information content (AvgIpc) is 1.36. The van der Waals surface area contributed by atoms with E-state index in [2.05, 4.69) is 0 Å². The molecule has 0 rings (SSSR count). The van der Waals surface area contributed by atoms with Crippen molar-refractivity contribution in [1.29, 1.82) is 0 Å². The Hall–Kier alpha value is -0.0500. The summed E-state index contributed by atoms with van der Waals surface area (Å²) in [5.41, 5.74) is 0. The van der Waals surface area contributed by atoms with E-state index in [4.69, 9.17) is 24.4 Å². The van der Waals surface area contributed by atoms with Crippen LogP contribution in [0.1, 0.15) is 0 Å². The van der Waals surface area contributed by atoms with Crippen molar-refractivity contribution in [1.82, 2.24) is 18.5 Å². The molecule has 10 heavy (non-hydrogen) atoms. The number of aliphatic hydroxyl groups excluding tert-OH is 1. The van der Waals surface area contributed by atoms with Crippen LogP contribution < -0.4 is 33.1 Å². The molecule has 0 aromatic carbocycles. The van der Waals surface area contributed by atoms with E-state index in [0.717, 1.165) is 7.11 Å². The summed E-state index contributed by atoms with van der Waals surface area (Å²) >= 11 is 0. The summed E-state index contributed by atoms with van der Waals surface area (Å²) in [5, 5.41) is 7.00. The molecule has 9 heteroatoms. The van der Waals surface area contributed by atoms with Crippen LogP contribution in [0.4, 0.5) is 0 Å². The largest absolute Gasteiger partial charge is 0.822 e. The van der Waals surface area contributed by atoms with Crippen molar-refractivity contribution in [3.05, 3.63) is 0 Å². The second-order valence-electron chi connectivity index (χ2n) is 0.447. The van der Waals surface area contributed by atoms with E-state index in [0.29, 0.717) is 0 Å². The summed E-state index contributed by atoms with van der Waals surface area (Å²) in [6.07, 6.45) is 0. The van der Waals surface area contributed by atoms with Crippen molar-refractivity contribution in [3.63, 3.8) is 0 Å². The molecule has 0 atom stereocenters. The van der Waals surface area contributed by atoms with Gasteiger partial charge in [-0.1, -0.05) is 0 Å². The van der Waals surface area contributed by atoms with Crippen molar-refractivity contribution in [3.8, 4) is 0 Å². The van der Waals surface area contributed by atoms with Gasteiger partial charge < -0.3 is 42.8 Å². The van der Waals surface area contributed by atoms with Crippen LogP contribution in [0.2, 0.25) is 0 Å². The SMILES string of the molecule is CO.O=P([O-])([O-])[O-].[NH4+].[NH4+].[NH4+]. The van der Waals surface area contributed by atoms with Crippen LogP contribution >= 0.6 is 7.82 Å². The topological polar surface area (TPSA) is 216 Å². The van der Waals surface area contributed by atoms with Crippen LogP contribution in [0.25, 0.3) is 0 Å². The first-order chi connectivity index (χ1) is 3.00. The Labute approximate surface area is 58.9 Å². The minimum Gasteiger partial charge on any atom is -0.822 e. The molecule has 0 fully saturated rings. The molecule has 0 saturated carbocycles. The molecule has 0 aliphatic rings. The number of rotatable bonds is 0. The summed E-state index contributed by atoms with van der Waals surface area (Å²) in [4.78, 5) is 25.6. The van der Waals surface area contributed by atoms with Gasteiger partial charge in [-0.05, 0) is 0 Å². The van der Waals surface area contributed by atoms with E-state index >= 15 is 0 Å². The second kappa shape index (κ2) is 16.0. The Morgan fingerprint density at radius 3 is 1.00 bits per heavy atom. The van der Waals surface area contributed by atoms with Crippen molar-refractivity contribution in [2.75, 3.05) is 7.11 Å². The van der Waals surface area contributed by atoms with Gasteiger partial charge in [0.25, 0.3) is 0 Å². The molecule has 0 radical (unpaired) electrons. The smallest absolute Gasteiger partial charge is 0.0319 e. The summed E-state index contributed by atoms with van der Waals surface area (Å²) in [6, 6.07) is 0. The molecular weight excluding hydrogens is 165 g/mol. The molecule has 0 bridgehead atoms. The van der Waals surface area contributed by atoms with Crippen LogP contribution in [0.15, 0.2) is 0 Å². The minimum atomic E-state index is -5.39. The highest BCUT2D eigenvalue weighted by atomic mass is 31.2. The zero-order chi connectivity index (χ0) is 6.50. The average molecular weight is 181 g/mol. The summed E-state index contributed by atoms with van der Waals surface area (Å²) < 4.78 is 8.55. The number of aliphatic hydroxyl groups is 1. The lowest BCUT2D eigenvalue weighted by Gasteiger charge is -2.36. The van der Waals surface area contributed by atoms with E-state index in [-0.39, 0.29) is 18.5 Å². The molecule has 0 aliphatic heterocycles. The summed E-state index contributed by atoms with van der Waals surface area (Å²) in [5.74, 6) is 0. The van der Waals surface area contributed by atoms with Gasteiger partial charge in [0.05, 0.1) is 0 Å². The molecule has 0 aliphatic carbocycles. The van der Waals surface area contributed by atoms with E-state index in [9.17, 15) is 0 Å². The molecule has 0 heterocycles. The molecule has 0 spiro atoms. The third-order valence-electron chi connectivity index (χ3n) is 0. The molecule has 8 nitrogen and oxygen atoms in total. The van der Waals surface area contributed by atoms with Gasteiger partial charge in [0.2, 0.25) is 0 Å². The van der Waals surface area contributed by atoms with E-state index in [1.165, 1.54) is 0 Å². The molecule has 70 valence electrons. The first-order valence-corrected chi connectivity index (χ1v) is 2.64. The van der Waals surface area contributed by atoms with Gasteiger partial charge in [-0.15, -0.1) is 0 Å². The van der Waals surface area contributed by atoms with Crippen LogP contribution in [0, 0.1) is 0 Å². The number of phosphoric acid groups is 1. The Kier molecular flexibility index (Phi) is 52.0. The van der Waals surface area contributed by atoms with E-state index in [1.807, 2.05) is 0 Å². The Morgan fingerprint density at radius 2 is 1.00 bits per heavy atom. The fourth-order valence-corrected chi connectivity index (χ4v) is 0. The lowest BCUT2D eigenvalue weighted by Crippen LogP contribution is -2.24. The molecular formula is CH16N3O5P. The number of quaternary nitrogens is 3. The van der Waals surface area contributed by atoms with Gasteiger partial charge in [0.1, 0.15) is 0 Å². The lowest BCUT2D eigenvalue weighted by molar-refractivity contribution is -0.432. The van der Waals surface area contributed by atoms with E-state index in [1.54, 1.807) is 0 Å². The zero-order valence-electron chi connectivity index (χ0n) is 6.53. The second-order valence-corrected chi connectivity index (χ2v) is 1.34. The fraction of sp³-hybridized carbons (Fsp3) is 1.00. The Morgan fingerprint density at radius 1 is 1.00 bits per heavy atom. The number of hydrogen-bond acceptors (Lipinski definition) is 5. The Balaban J connectivity index is -0.0000000154. The molecule has 0 aromatic heterocycles. The van der Waals surface area contributed by atoms with Crippen LogP contribution in [-0.2, 0) is 4.57 Å². The van der Waals surface area contributed by atoms with Crippen molar-refractivity contribution in [2.24, 2.45) is 0 Å². The predicted molar refractivity (Wildman–Crippen MR) is 33.7 cm³/mol. The highest BCUT2D eigenvalue weighted by Crippen LogP contribution is 2.03. The minimum absolute atomic E-state index is 0. The third-order valence-corrected chi connectivity index (χ3v) is 0. The van der Waals surface area contributed by atoms with Crippen molar-refractivity contribution in [2.45, 2.75) is 0 Å². The standard InChI is InChI=1S/CH4O.3H3N.H3O4P/c1-2;;;;1-5(2,3)4/h2H,1H3;3*1H3;(H3,1,2,3,4). The maximum absolute atomic E-state index is 8.55. The Bertz CT molecular complexity index is 63.0. The molecule has 0 aromatic rings. The quantitative estimate of drug-likeness (QED) is 0.308. The predicted octanol–water partition coefficient (Wildman–Crippen LogP) is -2.09. The normalized spacial score (nSPS) is 6.50. The van der Waals surface area contributed by atoms with Gasteiger partial charge in [-0.2, -0.15) is 7.82 Å². The van der Waals surface area contributed by atoms with Crippen LogP contribution in [-0.4, -0.2) is 12.2 Å². The van der Waals surface area contributed by atoms with Gasteiger partial charge in [0.15, 0.2) is 0 Å². The van der Waals surface area contributed by atoms with Gasteiger partial charge in [-0.25, -0.2) is 0 Å². The van der Waals surface area contributed by atoms with Gasteiger partial charge in [-0.3, -0.25) is 0 Å². The van der Waals surface area contributed by atoms with Crippen LogP contribution in [0.5, 0.6) is 0 Å². The summed E-state index contributed by atoms with van der Waals surface area (Å²) in [7, 11) is -4.39. The van der Waals surface area contributed by atoms with Crippen LogP contribution in [0.3, 0.4) is 0 Å². The maximum atomic E-state index is 8.55. The highest BCUT2D eigenvalue weighted by molar-refractivity contribution is 7.40. The molecule has 0 amide bonds. The first-order valence-electron chi connectivity index (χ1n) is 1.18. The molecule has 13 N–H and O–H groups in total. The maximum Gasteiger partial charge on any atom is 0.0319 e. The third kappa shape index (κ3) is 154000.